The third kappa shape index (κ3) is 3.85. The number of aromatic nitrogens is 1. The molecule has 0 saturated carbocycles. The summed E-state index contributed by atoms with van der Waals surface area (Å²) >= 11 is 0. The number of ether oxygens (including phenoxy) is 1. The first-order valence-electron chi connectivity index (χ1n) is 6.77. The fraction of sp³-hybridized carbons (Fsp3) is 0.200. The Bertz CT molecular complexity index is 664. The standard InChI is InChI=1S/C15H17FN4O2/c1-2-22-15(21)20-13-12(7-8-18-14(13)17)19-9-10-5-3-4-6-11(10)16/h3-8H,2,9H2,1H3,(H,20,21)(H3,17,18,19). The summed E-state index contributed by atoms with van der Waals surface area (Å²) in [4.78, 5) is 15.5. The lowest BCUT2D eigenvalue weighted by Crippen LogP contribution is -2.16. The van der Waals surface area contributed by atoms with Gasteiger partial charge in [-0.25, -0.2) is 14.2 Å². The summed E-state index contributed by atoms with van der Waals surface area (Å²) in [6, 6.07) is 8.07. The van der Waals surface area contributed by atoms with E-state index in [-0.39, 0.29) is 24.8 Å². The van der Waals surface area contributed by atoms with Crippen LogP contribution in [0.1, 0.15) is 12.5 Å². The highest BCUT2D eigenvalue weighted by Crippen LogP contribution is 2.27. The van der Waals surface area contributed by atoms with Gasteiger partial charge in [0.05, 0.1) is 12.3 Å². The first-order valence-corrected chi connectivity index (χ1v) is 6.77. The number of nitrogens with zero attached hydrogens (tertiary/aromatic N) is 1. The Morgan fingerprint density at radius 1 is 1.36 bits per heavy atom. The number of anilines is 3. The van der Waals surface area contributed by atoms with Gasteiger partial charge >= 0.3 is 6.09 Å². The summed E-state index contributed by atoms with van der Waals surface area (Å²) in [6.07, 6.45) is 0.867. The van der Waals surface area contributed by atoms with E-state index in [4.69, 9.17) is 10.5 Å². The van der Waals surface area contributed by atoms with Gasteiger partial charge in [-0.2, -0.15) is 0 Å². The Kier molecular flexibility index (Phi) is 5.13. The number of rotatable bonds is 5. The number of pyridine rings is 1. The van der Waals surface area contributed by atoms with E-state index in [0.29, 0.717) is 16.9 Å². The lowest BCUT2D eigenvalue weighted by atomic mass is 10.2. The van der Waals surface area contributed by atoms with Crippen LogP contribution in [0.25, 0.3) is 0 Å². The fourth-order valence-electron chi connectivity index (χ4n) is 1.86. The van der Waals surface area contributed by atoms with Crippen molar-refractivity contribution >= 4 is 23.3 Å². The molecular weight excluding hydrogens is 287 g/mol. The molecule has 0 atom stereocenters. The van der Waals surface area contributed by atoms with Gasteiger partial charge < -0.3 is 15.8 Å². The van der Waals surface area contributed by atoms with Crippen LogP contribution < -0.4 is 16.4 Å². The van der Waals surface area contributed by atoms with Gasteiger partial charge in [-0.3, -0.25) is 5.32 Å². The molecule has 0 unspecified atom stereocenters. The zero-order valence-electron chi connectivity index (χ0n) is 12.1. The molecule has 0 aliphatic rings. The van der Waals surface area contributed by atoms with Crippen LogP contribution in [0, 0.1) is 5.82 Å². The van der Waals surface area contributed by atoms with E-state index in [1.165, 1.54) is 12.3 Å². The van der Waals surface area contributed by atoms with Crippen molar-refractivity contribution in [2.45, 2.75) is 13.5 Å². The van der Waals surface area contributed by atoms with Crippen LogP contribution in [0.15, 0.2) is 36.5 Å². The second kappa shape index (κ2) is 7.26. The summed E-state index contributed by atoms with van der Waals surface area (Å²) in [6.45, 7) is 2.18. The molecule has 0 aliphatic heterocycles. The Hall–Kier alpha value is -2.83. The lowest BCUT2D eigenvalue weighted by molar-refractivity contribution is 0.168. The van der Waals surface area contributed by atoms with Crippen LogP contribution >= 0.6 is 0 Å². The normalized spacial score (nSPS) is 10.1. The molecule has 1 amide bonds. The van der Waals surface area contributed by atoms with E-state index < -0.39 is 6.09 Å². The number of hydrogen-bond donors (Lipinski definition) is 3. The van der Waals surface area contributed by atoms with E-state index in [1.54, 1.807) is 31.2 Å². The molecule has 0 radical (unpaired) electrons. The molecule has 1 aromatic heterocycles. The number of nitrogens with one attached hydrogen (secondary N) is 2. The van der Waals surface area contributed by atoms with Crippen molar-refractivity contribution in [3.8, 4) is 0 Å². The molecule has 0 spiro atoms. The fourth-order valence-corrected chi connectivity index (χ4v) is 1.86. The van der Waals surface area contributed by atoms with E-state index >= 15 is 0 Å². The molecular formula is C15H17FN4O2. The molecule has 6 nitrogen and oxygen atoms in total. The molecule has 4 N–H and O–H groups in total. The van der Waals surface area contributed by atoms with E-state index in [1.807, 2.05) is 0 Å². The third-order valence-corrected chi connectivity index (χ3v) is 2.91. The van der Waals surface area contributed by atoms with Crippen molar-refractivity contribution in [3.63, 3.8) is 0 Å². The predicted molar refractivity (Wildman–Crippen MR) is 83.0 cm³/mol. The minimum Gasteiger partial charge on any atom is -0.450 e. The third-order valence-electron chi connectivity index (χ3n) is 2.91. The number of carbonyl (C=O) groups is 1. The monoisotopic (exact) mass is 304 g/mol. The van der Waals surface area contributed by atoms with Crippen LogP contribution in [0.4, 0.5) is 26.4 Å². The number of amides is 1. The van der Waals surface area contributed by atoms with Gasteiger partial charge in [0.1, 0.15) is 17.3 Å². The van der Waals surface area contributed by atoms with Gasteiger partial charge in [0.25, 0.3) is 0 Å². The van der Waals surface area contributed by atoms with E-state index in [0.717, 1.165) is 0 Å². The minimum atomic E-state index is -0.629. The molecule has 0 aliphatic carbocycles. The summed E-state index contributed by atoms with van der Waals surface area (Å²) in [5.74, 6) is -0.163. The smallest absolute Gasteiger partial charge is 0.411 e. The Morgan fingerprint density at radius 2 is 2.14 bits per heavy atom. The largest absolute Gasteiger partial charge is 0.450 e. The van der Waals surface area contributed by atoms with Crippen LogP contribution in [0.5, 0.6) is 0 Å². The molecule has 116 valence electrons. The summed E-state index contributed by atoms with van der Waals surface area (Å²) in [7, 11) is 0. The van der Waals surface area contributed by atoms with Crippen molar-refractivity contribution in [3.05, 3.63) is 47.9 Å². The second-order valence-corrected chi connectivity index (χ2v) is 4.41. The highest BCUT2D eigenvalue weighted by Gasteiger charge is 2.12. The first kappa shape index (κ1) is 15.6. The average molecular weight is 304 g/mol. The van der Waals surface area contributed by atoms with Crippen LogP contribution in [0.2, 0.25) is 0 Å². The quantitative estimate of drug-likeness (QED) is 0.790. The number of nitrogens with two attached hydrogens (primary N) is 1. The van der Waals surface area contributed by atoms with Crippen molar-refractivity contribution in [1.29, 1.82) is 0 Å². The van der Waals surface area contributed by atoms with Gasteiger partial charge in [-0.1, -0.05) is 18.2 Å². The maximum Gasteiger partial charge on any atom is 0.411 e. The van der Waals surface area contributed by atoms with Crippen molar-refractivity contribution in [1.82, 2.24) is 4.98 Å². The number of carbonyl (C=O) groups excluding carboxylic acids is 1. The highest BCUT2D eigenvalue weighted by atomic mass is 19.1. The average Bonchev–Trinajstić information content (AvgIpc) is 2.49. The number of hydrogen-bond acceptors (Lipinski definition) is 5. The molecule has 0 saturated heterocycles. The predicted octanol–water partition coefficient (Wildman–Crippen LogP) is 2.98. The summed E-state index contributed by atoms with van der Waals surface area (Å²) in [5, 5.41) is 5.55. The second-order valence-electron chi connectivity index (χ2n) is 4.41. The molecule has 7 heteroatoms. The Morgan fingerprint density at radius 3 is 2.86 bits per heavy atom. The maximum absolute atomic E-state index is 13.6. The van der Waals surface area contributed by atoms with Gasteiger partial charge in [0, 0.05) is 18.3 Å². The van der Waals surface area contributed by atoms with Crippen LogP contribution in [0.3, 0.4) is 0 Å². The zero-order valence-corrected chi connectivity index (χ0v) is 12.1. The lowest BCUT2D eigenvalue weighted by Gasteiger charge is -2.14. The van der Waals surface area contributed by atoms with Crippen molar-refractivity contribution in [2.75, 3.05) is 23.0 Å². The summed E-state index contributed by atoms with van der Waals surface area (Å²) in [5.41, 5.74) is 7.10. The molecule has 0 bridgehead atoms. The van der Waals surface area contributed by atoms with E-state index in [9.17, 15) is 9.18 Å². The minimum absolute atomic E-state index is 0.145. The zero-order chi connectivity index (χ0) is 15.9. The molecule has 22 heavy (non-hydrogen) atoms. The van der Waals surface area contributed by atoms with Gasteiger partial charge in [0.2, 0.25) is 0 Å². The first-order chi connectivity index (χ1) is 10.6. The van der Waals surface area contributed by atoms with Gasteiger partial charge in [-0.05, 0) is 19.1 Å². The molecule has 1 heterocycles. The van der Waals surface area contributed by atoms with Gasteiger partial charge in [0.15, 0.2) is 0 Å². The van der Waals surface area contributed by atoms with Crippen molar-refractivity contribution < 1.29 is 13.9 Å². The van der Waals surface area contributed by atoms with Gasteiger partial charge in [-0.15, -0.1) is 0 Å². The highest BCUT2D eigenvalue weighted by molar-refractivity contribution is 5.93. The number of nitrogen functional groups attached to an aromatic ring is 1. The van der Waals surface area contributed by atoms with Crippen molar-refractivity contribution in [2.24, 2.45) is 0 Å². The number of halogens is 1. The van der Waals surface area contributed by atoms with E-state index in [2.05, 4.69) is 15.6 Å². The maximum atomic E-state index is 13.6. The number of benzene rings is 1. The summed E-state index contributed by atoms with van der Waals surface area (Å²) < 4.78 is 18.4. The topological polar surface area (TPSA) is 89.3 Å². The molecule has 2 rings (SSSR count). The molecule has 1 aromatic carbocycles. The Labute approximate surface area is 127 Å². The van der Waals surface area contributed by atoms with Crippen LogP contribution in [-0.4, -0.2) is 17.7 Å². The molecule has 2 aromatic rings. The Balaban J connectivity index is 2.15. The van der Waals surface area contributed by atoms with Crippen LogP contribution in [-0.2, 0) is 11.3 Å². The molecule has 0 fully saturated rings. The SMILES string of the molecule is CCOC(=O)Nc1c(NCc2ccccc2F)ccnc1N.